The van der Waals surface area contributed by atoms with Gasteiger partial charge in [-0.05, 0) is 18.2 Å². The Hall–Kier alpha value is -1.61. The molecule has 0 bridgehead atoms. The van der Waals surface area contributed by atoms with Gasteiger partial charge >= 0.3 is 0 Å². The Balaban J connectivity index is 2.99. The van der Waals surface area contributed by atoms with E-state index in [1.54, 1.807) is 12.1 Å². The second kappa shape index (κ2) is 4.10. The first-order chi connectivity index (χ1) is 7.65. The van der Waals surface area contributed by atoms with Crippen molar-refractivity contribution in [3.63, 3.8) is 0 Å². The van der Waals surface area contributed by atoms with E-state index >= 15 is 0 Å². The predicted molar refractivity (Wildman–Crippen MR) is 72.6 cm³/mol. The average molecular weight is 276 g/mol. The third kappa shape index (κ3) is 1.63. The van der Waals surface area contributed by atoms with Crippen LogP contribution in [0.25, 0.3) is 21.5 Å². The number of nitrogens with one attached hydrogen (secondary N) is 1. The fourth-order valence-electron chi connectivity index (χ4n) is 1.68. The highest BCUT2D eigenvalue weighted by Crippen LogP contribution is 2.21. The highest BCUT2D eigenvalue weighted by Gasteiger charge is 2.10. The first-order valence-electron chi connectivity index (χ1n) is 4.77. The van der Waals surface area contributed by atoms with Crippen molar-refractivity contribution in [1.29, 1.82) is 0 Å². The molecule has 2 nitrogen and oxygen atoms in total. The smallest absolute Gasteiger partial charge is 0.198 e. The lowest BCUT2D eigenvalue weighted by atomic mass is 10.1. The lowest BCUT2D eigenvalue weighted by Crippen LogP contribution is -2.10. The number of para-hydroxylation sites is 1. The first-order valence-corrected chi connectivity index (χ1v) is 5.56. The maximum Gasteiger partial charge on any atom is 0.198 e. The molecule has 1 N–H and O–H groups in total. The Morgan fingerprint density at radius 2 is 2.06 bits per heavy atom. The van der Waals surface area contributed by atoms with Crippen molar-refractivity contribution < 1.29 is 0 Å². The van der Waals surface area contributed by atoms with Gasteiger partial charge in [-0.25, -0.2) is 0 Å². The molecule has 0 saturated heterocycles. The molecule has 0 fully saturated rings. The van der Waals surface area contributed by atoms with Gasteiger partial charge in [-0.1, -0.05) is 41.2 Å². The lowest BCUT2D eigenvalue weighted by molar-refractivity contribution is 1.33. The molecule has 1 aromatic carbocycles. The van der Waals surface area contributed by atoms with Crippen LogP contribution in [-0.4, -0.2) is 4.98 Å². The van der Waals surface area contributed by atoms with E-state index in [-0.39, 0.29) is 5.43 Å². The zero-order chi connectivity index (χ0) is 11.7. The molecule has 0 spiro atoms. The Labute approximate surface area is 101 Å². The molecule has 2 rings (SSSR count). The van der Waals surface area contributed by atoms with Crippen LogP contribution in [0, 0.1) is 0 Å². The molecule has 0 saturated carbocycles. The van der Waals surface area contributed by atoms with Crippen LogP contribution in [-0.2, 0) is 0 Å². The van der Waals surface area contributed by atoms with Gasteiger partial charge in [-0.2, -0.15) is 0 Å². The minimum atomic E-state index is -0.0360. The first kappa shape index (κ1) is 10.9. The van der Waals surface area contributed by atoms with Gasteiger partial charge in [0.15, 0.2) is 5.43 Å². The van der Waals surface area contributed by atoms with E-state index in [2.05, 4.69) is 34.1 Å². The minimum absolute atomic E-state index is 0.0360. The number of hydrogen-bond donors (Lipinski definition) is 1. The molecule has 80 valence electrons. The zero-order valence-electron chi connectivity index (χ0n) is 8.59. The monoisotopic (exact) mass is 275 g/mol. The number of halogens is 1. The van der Waals surface area contributed by atoms with Crippen molar-refractivity contribution in [1.82, 2.24) is 4.98 Å². The molecular formula is C13H10BrNO. The molecule has 0 unspecified atom stereocenters. The molecule has 0 amide bonds. The van der Waals surface area contributed by atoms with Crippen LogP contribution < -0.4 is 5.43 Å². The normalized spacial score (nSPS) is 10.3. The van der Waals surface area contributed by atoms with Crippen molar-refractivity contribution in [2.75, 3.05) is 0 Å². The van der Waals surface area contributed by atoms with E-state index in [0.29, 0.717) is 21.1 Å². The summed E-state index contributed by atoms with van der Waals surface area (Å²) in [4.78, 5) is 15.3. The molecule has 0 atom stereocenters. The van der Waals surface area contributed by atoms with Gasteiger partial charge < -0.3 is 4.98 Å². The van der Waals surface area contributed by atoms with E-state index in [1.165, 1.54) is 0 Å². The van der Waals surface area contributed by atoms with E-state index in [9.17, 15) is 4.79 Å². The SMILES string of the molecule is C=Cc1[nH]c2ccccc2c(=O)c1C(=C)Br. The molecule has 0 aliphatic carbocycles. The van der Waals surface area contributed by atoms with Gasteiger partial charge in [0.25, 0.3) is 0 Å². The van der Waals surface area contributed by atoms with Crippen LogP contribution in [0.4, 0.5) is 0 Å². The van der Waals surface area contributed by atoms with Gasteiger partial charge in [-0.3, -0.25) is 4.79 Å². The van der Waals surface area contributed by atoms with Crippen molar-refractivity contribution >= 4 is 37.4 Å². The van der Waals surface area contributed by atoms with E-state index in [4.69, 9.17) is 0 Å². The summed E-state index contributed by atoms with van der Waals surface area (Å²) >= 11 is 3.25. The molecular weight excluding hydrogens is 266 g/mol. The molecule has 0 aliphatic heterocycles. The summed E-state index contributed by atoms with van der Waals surface area (Å²) in [5.41, 5.74) is 1.99. The second-order valence-corrected chi connectivity index (χ2v) is 4.35. The van der Waals surface area contributed by atoms with Crippen molar-refractivity contribution in [2.45, 2.75) is 0 Å². The quantitative estimate of drug-likeness (QED) is 0.894. The predicted octanol–water partition coefficient (Wildman–Crippen LogP) is 3.54. The van der Waals surface area contributed by atoms with E-state index in [0.717, 1.165) is 5.52 Å². The summed E-state index contributed by atoms with van der Waals surface area (Å²) in [6, 6.07) is 7.38. The molecule has 2 aromatic rings. The fraction of sp³-hybridized carbons (Fsp3) is 0. The maximum absolute atomic E-state index is 12.2. The number of rotatable bonds is 2. The number of fused-ring (bicyclic) bond motifs is 1. The Bertz CT molecular complexity index is 640. The zero-order valence-corrected chi connectivity index (χ0v) is 10.2. The Morgan fingerprint density at radius 3 is 2.69 bits per heavy atom. The number of pyridine rings is 1. The molecule has 0 aliphatic rings. The highest BCUT2D eigenvalue weighted by molar-refractivity contribution is 9.15. The Morgan fingerprint density at radius 1 is 1.38 bits per heavy atom. The summed E-state index contributed by atoms with van der Waals surface area (Å²) in [6.07, 6.45) is 1.62. The summed E-state index contributed by atoms with van der Waals surface area (Å²) in [6.45, 7) is 7.44. The third-order valence-electron chi connectivity index (χ3n) is 2.41. The van der Waals surface area contributed by atoms with Gasteiger partial charge in [0.1, 0.15) is 0 Å². The van der Waals surface area contributed by atoms with Crippen LogP contribution in [0.5, 0.6) is 0 Å². The van der Waals surface area contributed by atoms with Crippen LogP contribution >= 0.6 is 15.9 Å². The Kier molecular flexibility index (Phi) is 2.79. The summed E-state index contributed by atoms with van der Waals surface area (Å²) in [5, 5.41) is 0.656. The van der Waals surface area contributed by atoms with Crippen molar-refractivity contribution in [3.05, 3.63) is 58.9 Å². The number of H-pyrrole nitrogens is 1. The molecule has 3 heteroatoms. The molecule has 1 heterocycles. The van der Waals surface area contributed by atoms with Crippen LogP contribution in [0.1, 0.15) is 11.3 Å². The van der Waals surface area contributed by atoms with Crippen LogP contribution in [0.3, 0.4) is 0 Å². The number of aromatic amines is 1. The molecule has 0 radical (unpaired) electrons. The summed E-state index contributed by atoms with van der Waals surface area (Å²) in [7, 11) is 0. The minimum Gasteiger partial charge on any atom is -0.354 e. The molecule has 1 aromatic heterocycles. The van der Waals surface area contributed by atoms with Crippen molar-refractivity contribution in [3.8, 4) is 0 Å². The van der Waals surface area contributed by atoms with Gasteiger partial charge in [0.05, 0.1) is 11.3 Å². The van der Waals surface area contributed by atoms with Gasteiger partial charge in [-0.15, -0.1) is 0 Å². The van der Waals surface area contributed by atoms with Gasteiger partial charge in [0, 0.05) is 15.4 Å². The highest BCUT2D eigenvalue weighted by atomic mass is 79.9. The summed E-state index contributed by atoms with van der Waals surface area (Å²) in [5.74, 6) is 0. The standard InChI is InChI=1S/C13H10BrNO/c1-3-10-12(8(2)14)13(16)9-6-4-5-7-11(9)15-10/h3-7H,1-2H2,(H,15,16). The number of benzene rings is 1. The van der Waals surface area contributed by atoms with E-state index in [1.807, 2.05) is 18.2 Å². The van der Waals surface area contributed by atoms with Crippen LogP contribution in [0.15, 0.2) is 42.2 Å². The average Bonchev–Trinajstić information content (AvgIpc) is 2.28. The largest absolute Gasteiger partial charge is 0.354 e. The second-order valence-electron chi connectivity index (χ2n) is 3.40. The van der Waals surface area contributed by atoms with Crippen LogP contribution in [0.2, 0.25) is 0 Å². The lowest BCUT2D eigenvalue weighted by Gasteiger charge is -2.06. The number of aromatic nitrogens is 1. The van der Waals surface area contributed by atoms with E-state index < -0.39 is 0 Å². The maximum atomic E-state index is 12.2. The van der Waals surface area contributed by atoms with Gasteiger partial charge in [0.2, 0.25) is 0 Å². The summed E-state index contributed by atoms with van der Waals surface area (Å²) < 4.78 is 0.564. The van der Waals surface area contributed by atoms with Crippen molar-refractivity contribution in [2.24, 2.45) is 0 Å². The molecule has 16 heavy (non-hydrogen) atoms. The third-order valence-corrected chi connectivity index (χ3v) is 2.81. The number of hydrogen-bond acceptors (Lipinski definition) is 1. The fourth-order valence-corrected chi connectivity index (χ4v) is 2.07. The topological polar surface area (TPSA) is 32.9 Å².